The number of benzene rings is 1. The molecule has 1 heterocycles. The van der Waals surface area contributed by atoms with E-state index in [-0.39, 0.29) is 17.5 Å². The Balaban J connectivity index is 2.75. The maximum Gasteiger partial charge on any atom is 0.258 e. The normalized spacial score (nSPS) is 12.0. The molecule has 0 aliphatic carbocycles. The summed E-state index contributed by atoms with van der Waals surface area (Å²) in [4.78, 5) is 24.3. The first-order valence-corrected chi connectivity index (χ1v) is 9.67. The third-order valence-corrected chi connectivity index (χ3v) is 4.36. The fraction of sp³-hybridized carbons (Fsp3) is 0.455. The highest BCUT2D eigenvalue weighted by molar-refractivity contribution is 5.93. The number of carbonyl (C=O) groups is 1. The maximum atomic E-state index is 13.2. The summed E-state index contributed by atoms with van der Waals surface area (Å²) in [6.07, 6.45) is 4.83. The lowest BCUT2D eigenvalue weighted by Gasteiger charge is -2.25. The third kappa shape index (κ3) is 5.23. The van der Waals surface area contributed by atoms with Crippen molar-refractivity contribution in [3.8, 4) is 5.75 Å². The zero-order valence-electron chi connectivity index (χ0n) is 17.2. The van der Waals surface area contributed by atoms with Gasteiger partial charge in [-0.2, -0.15) is 0 Å². The quantitative estimate of drug-likeness (QED) is 0.538. The minimum Gasteiger partial charge on any atom is -0.491 e. The lowest BCUT2D eigenvalue weighted by atomic mass is 9.96. The number of rotatable bonds is 8. The average Bonchev–Trinajstić information content (AvgIpc) is 2.62. The molecule has 4 N–H and O–H groups in total. The van der Waals surface area contributed by atoms with Gasteiger partial charge in [0.2, 0.25) is 5.91 Å². The first-order valence-electron chi connectivity index (χ1n) is 9.67. The van der Waals surface area contributed by atoms with Gasteiger partial charge in [0, 0.05) is 24.6 Å². The van der Waals surface area contributed by atoms with Crippen molar-refractivity contribution in [2.75, 3.05) is 6.61 Å². The van der Waals surface area contributed by atoms with E-state index >= 15 is 0 Å². The van der Waals surface area contributed by atoms with Gasteiger partial charge in [-0.1, -0.05) is 40.2 Å². The van der Waals surface area contributed by atoms with Crippen LogP contribution in [0.5, 0.6) is 5.75 Å². The number of nitrogens with zero attached hydrogens (tertiary/aromatic N) is 1. The van der Waals surface area contributed by atoms with Gasteiger partial charge in [-0.3, -0.25) is 9.59 Å². The van der Waals surface area contributed by atoms with Crippen molar-refractivity contribution in [2.45, 2.75) is 53.6 Å². The fourth-order valence-electron chi connectivity index (χ4n) is 3.09. The molecule has 0 saturated heterocycles. The van der Waals surface area contributed by atoms with Crippen LogP contribution in [0.3, 0.4) is 0 Å². The number of amides is 1. The Morgan fingerprint density at radius 1 is 1.25 bits per heavy atom. The SMILES string of the molecule is CCCCOc1c(CN)n(CC(C)(C)C)c(=O)c2ccc(C=CC(N)=O)cc12. The van der Waals surface area contributed by atoms with Crippen LogP contribution in [-0.4, -0.2) is 17.1 Å². The van der Waals surface area contributed by atoms with E-state index in [0.29, 0.717) is 35.4 Å². The summed E-state index contributed by atoms with van der Waals surface area (Å²) in [5, 5.41) is 1.28. The second-order valence-electron chi connectivity index (χ2n) is 8.17. The predicted molar refractivity (Wildman–Crippen MR) is 114 cm³/mol. The summed E-state index contributed by atoms with van der Waals surface area (Å²) < 4.78 is 7.86. The zero-order valence-corrected chi connectivity index (χ0v) is 17.2. The summed E-state index contributed by atoms with van der Waals surface area (Å²) >= 11 is 0. The lowest BCUT2D eigenvalue weighted by Crippen LogP contribution is -2.31. The molecule has 0 unspecified atom stereocenters. The molecule has 1 amide bonds. The van der Waals surface area contributed by atoms with Gasteiger partial charge in [0.15, 0.2) is 0 Å². The molecule has 2 rings (SSSR count). The molecule has 0 atom stereocenters. The lowest BCUT2D eigenvalue weighted by molar-refractivity contribution is -0.113. The highest BCUT2D eigenvalue weighted by Gasteiger charge is 2.21. The Morgan fingerprint density at radius 2 is 1.96 bits per heavy atom. The van der Waals surface area contributed by atoms with E-state index in [1.807, 2.05) is 6.07 Å². The molecule has 0 aliphatic rings. The van der Waals surface area contributed by atoms with E-state index in [4.69, 9.17) is 16.2 Å². The summed E-state index contributed by atoms with van der Waals surface area (Å²) in [6.45, 7) is 9.63. The minimum absolute atomic E-state index is 0.0846. The smallest absolute Gasteiger partial charge is 0.258 e. The number of primary amides is 1. The predicted octanol–water partition coefficient (Wildman–Crippen LogP) is 3.18. The highest BCUT2D eigenvalue weighted by atomic mass is 16.5. The highest BCUT2D eigenvalue weighted by Crippen LogP contribution is 2.31. The summed E-state index contributed by atoms with van der Waals surface area (Å²) in [5.41, 5.74) is 12.5. The van der Waals surface area contributed by atoms with E-state index in [2.05, 4.69) is 27.7 Å². The van der Waals surface area contributed by atoms with Crippen molar-refractivity contribution in [2.24, 2.45) is 16.9 Å². The number of aromatic nitrogens is 1. The van der Waals surface area contributed by atoms with Crippen molar-refractivity contribution < 1.29 is 9.53 Å². The summed E-state index contributed by atoms with van der Waals surface area (Å²) in [5.74, 6) is 0.117. The van der Waals surface area contributed by atoms with Crippen molar-refractivity contribution in [1.82, 2.24) is 4.57 Å². The van der Waals surface area contributed by atoms with E-state index in [0.717, 1.165) is 18.4 Å². The Bertz CT molecular complexity index is 937. The summed E-state index contributed by atoms with van der Waals surface area (Å²) in [6, 6.07) is 5.41. The van der Waals surface area contributed by atoms with E-state index < -0.39 is 5.91 Å². The Kier molecular flexibility index (Phi) is 7.02. The van der Waals surface area contributed by atoms with Crippen molar-refractivity contribution in [1.29, 1.82) is 0 Å². The number of pyridine rings is 1. The van der Waals surface area contributed by atoms with Crippen molar-refractivity contribution >= 4 is 22.8 Å². The molecule has 152 valence electrons. The molecule has 0 spiro atoms. The fourth-order valence-corrected chi connectivity index (χ4v) is 3.09. The molecule has 0 aliphatic heterocycles. The number of unbranched alkanes of at least 4 members (excludes halogenated alkanes) is 1. The van der Waals surface area contributed by atoms with Gasteiger partial charge >= 0.3 is 0 Å². The largest absolute Gasteiger partial charge is 0.491 e. The van der Waals surface area contributed by atoms with E-state index in [1.54, 1.807) is 22.8 Å². The second kappa shape index (κ2) is 9.06. The zero-order chi connectivity index (χ0) is 20.9. The van der Waals surface area contributed by atoms with Gasteiger partial charge in [0.05, 0.1) is 17.7 Å². The van der Waals surface area contributed by atoms with Crippen LogP contribution in [0.2, 0.25) is 0 Å². The minimum atomic E-state index is -0.525. The topological polar surface area (TPSA) is 100 Å². The van der Waals surface area contributed by atoms with Gasteiger partial charge in [0.25, 0.3) is 5.56 Å². The van der Waals surface area contributed by atoms with Crippen LogP contribution in [0.1, 0.15) is 51.8 Å². The molecule has 0 fully saturated rings. The molecule has 0 saturated carbocycles. The van der Waals surface area contributed by atoms with Crippen LogP contribution in [-0.2, 0) is 17.9 Å². The van der Waals surface area contributed by atoms with Crippen LogP contribution >= 0.6 is 0 Å². The van der Waals surface area contributed by atoms with Crippen LogP contribution in [0.25, 0.3) is 16.8 Å². The Morgan fingerprint density at radius 3 is 2.54 bits per heavy atom. The molecule has 1 aromatic heterocycles. The third-order valence-electron chi connectivity index (χ3n) is 4.36. The number of nitrogens with two attached hydrogens (primary N) is 2. The maximum absolute atomic E-state index is 13.2. The monoisotopic (exact) mass is 385 g/mol. The number of hydrogen-bond acceptors (Lipinski definition) is 4. The van der Waals surface area contributed by atoms with Gasteiger partial charge < -0.3 is 20.8 Å². The second-order valence-corrected chi connectivity index (χ2v) is 8.17. The van der Waals surface area contributed by atoms with Gasteiger partial charge in [0.1, 0.15) is 5.75 Å². The van der Waals surface area contributed by atoms with Crippen molar-refractivity contribution in [3.05, 3.63) is 45.9 Å². The standard InChI is InChI=1S/C22H31N3O3/c1-5-6-11-28-20-17-12-15(8-10-19(24)26)7-9-16(17)21(27)25(18(20)13-23)14-22(2,3)4/h7-10,12H,5-6,11,13-14,23H2,1-4H3,(H2,24,26). The van der Waals surface area contributed by atoms with Gasteiger partial charge in [-0.05, 0) is 35.6 Å². The molecule has 0 bridgehead atoms. The Labute approximate surface area is 166 Å². The molecule has 1 aromatic carbocycles. The van der Waals surface area contributed by atoms with Crippen LogP contribution in [0, 0.1) is 5.41 Å². The van der Waals surface area contributed by atoms with E-state index in [9.17, 15) is 9.59 Å². The van der Waals surface area contributed by atoms with Gasteiger partial charge in [-0.25, -0.2) is 0 Å². The number of carbonyl (C=O) groups excluding carboxylic acids is 1. The average molecular weight is 386 g/mol. The van der Waals surface area contributed by atoms with E-state index in [1.165, 1.54) is 6.08 Å². The Hall–Kier alpha value is -2.60. The number of fused-ring (bicyclic) bond motifs is 1. The molecule has 6 heteroatoms. The number of ether oxygens (including phenoxy) is 1. The molecular formula is C22H31N3O3. The van der Waals surface area contributed by atoms with Gasteiger partial charge in [-0.15, -0.1) is 0 Å². The molecule has 0 radical (unpaired) electrons. The van der Waals surface area contributed by atoms with Crippen molar-refractivity contribution in [3.63, 3.8) is 0 Å². The molecule has 28 heavy (non-hydrogen) atoms. The van der Waals surface area contributed by atoms with Crippen LogP contribution in [0.15, 0.2) is 29.1 Å². The van der Waals surface area contributed by atoms with Crippen LogP contribution in [0.4, 0.5) is 0 Å². The number of hydrogen-bond donors (Lipinski definition) is 2. The first-order chi connectivity index (χ1) is 13.2. The van der Waals surface area contributed by atoms with Crippen LogP contribution < -0.4 is 21.8 Å². The molecule has 2 aromatic rings. The summed E-state index contributed by atoms with van der Waals surface area (Å²) in [7, 11) is 0. The first kappa shape index (κ1) is 21.7. The molecular weight excluding hydrogens is 354 g/mol. The molecule has 6 nitrogen and oxygen atoms in total.